The summed E-state index contributed by atoms with van der Waals surface area (Å²) in [6.45, 7) is 2.03. The molecule has 10 heavy (non-hydrogen) atoms. The maximum Gasteiger partial charge on any atom is 0.169 e. The standard InChI is InChI=1S/C7H9BrO2/c1-5(4-9)6-2-3-7(8)10-6/h2-3,5,9H,4H2,1H3. The highest BCUT2D eigenvalue weighted by molar-refractivity contribution is 9.10. The van der Waals surface area contributed by atoms with Gasteiger partial charge in [-0.25, -0.2) is 0 Å². The van der Waals surface area contributed by atoms with E-state index in [4.69, 9.17) is 9.52 Å². The SMILES string of the molecule is CC(CO)c1ccc(Br)o1. The van der Waals surface area contributed by atoms with E-state index in [9.17, 15) is 0 Å². The van der Waals surface area contributed by atoms with E-state index >= 15 is 0 Å². The topological polar surface area (TPSA) is 33.4 Å². The molecule has 3 heteroatoms. The van der Waals surface area contributed by atoms with Crippen LogP contribution < -0.4 is 0 Å². The Labute approximate surface area is 68.0 Å². The van der Waals surface area contributed by atoms with Gasteiger partial charge in [-0.05, 0) is 28.1 Å². The van der Waals surface area contributed by atoms with Gasteiger partial charge in [0.1, 0.15) is 5.76 Å². The highest BCUT2D eigenvalue weighted by atomic mass is 79.9. The van der Waals surface area contributed by atoms with Crippen LogP contribution in [-0.2, 0) is 0 Å². The van der Waals surface area contributed by atoms with Crippen molar-refractivity contribution in [3.8, 4) is 0 Å². The molecule has 0 saturated carbocycles. The molecule has 0 fully saturated rings. The van der Waals surface area contributed by atoms with Crippen LogP contribution in [0.25, 0.3) is 0 Å². The lowest BCUT2D eigenvalue weighted by molar-refractivity contribution is 0.256. The molecule has 0 amide bonds. The largest absolute Gasteiger partial charge is 0.454 e. The van der Waals surface area contributed by atoms with Gasteiger partial charge in [0.2, 0.25) is 0 Å². The molecule has 0 saturated heterocycles. The second-order valence-electron chi connectivity index (χ2n) is 2.23. The summed E-state index contributed by atoms with van der Waals surface area (Å²) in [6, 6.07) is 3.67. The molecular formula is C7H9BrO2. The molecule has 1 aromatic heterocycles. The number of furan rings is 1. The maximum absolute atomic E-state index is 8.72. The molecule has 1 atom stereocenters. The second-order valence-corrected chi connectivity index (χ2v) is 3.01. The van der Waals surface area contributed by atoms with E-state index in [2.05, 4.69) is 15.9 Å². The third kappa shape index (κ3) is 1.61. The van der Waals surface area contributed by atoms with Crippen molar-refractivity contribution < 1.29 is 9.52 Å². The fourth-order valence-electron chi connectivity index (χ4n) is 0.683. The number of hydrogen-bond donors (Lipinski definition) is 1. The molecule has 0 aromatic carbocycles. The lowest BCUT2D eigenvalue weighted by Crippen LogP contribution is -1.95. The summed E-state index contributed by atoms with van der Waals surface area (Å²) in [4.78, 5) is 0. The molecule has 0 aliphatic carbocycles. The zero-order chi connectivity index (χ0) is 7.56. The summed E-state index contributed by atoms with van der Waals surface area (Å²) in [5, 5.41) is 8.72. The molecule has 0 spiro atoms. The predicted octanol–water partition coefficient (Wildman–Crippen LogP) is 2.14. The van der Waals surface area contributed by atoms with Crippen molar-refractivity contribution in [3.63, 3.8) is 0 Å². The Morgan fingerprint density at radius 3 is 2.80 bits per heavy atom. The minimum absolute atomic E-state index is 0.0892. The molecule has 2 nitrogen and oxygen atoms in total. The fourth-order valence-corrected chi connectivity index (χ4v) is 1.00. The van der Waals surface area contributed by atoms with Gasteiger partial charge in [-0.1, -0.05) is 6.92 Å². The van der Waals surface area contributed by atoms with Gasteiger partial charge in [-0.15, -0.1) is 0 Å². The molecule has 1 N–H and O–H groups in total. The lowest BCUT2D eigenvalue weighted by atomic mass is 10.1. The Hall–Kier alpha value is -0.280. The monoisotopic (exact) mass is 204 g/mol. The van der Waals surface area contributed by atoms with Crippen molar-refractivity contribution >= 4 is 15.9 Å². The summed E-state index contributed by atoms with van der Waals surface area (Å²) in [5.41, 5.74) is 0. The molecule has 1 rings (SSSR count). The van der Waals surface area contributed by atoms with Crippen LogP contribution in [0.15, 0.2) is 21.2 Å². The van der Waals surface area contributed by atoms with Gasteiger partial charge in [0.05, 0.1) is 6.61 Å². The van der Waals surface area contributed by atoms with E-state index in [1.54, 1.807) is 0 Å². The number of hydrogen-bond acceptors (Lipinski definition) is 2. The number of rotatable bonds is 2. The lowest BCUT2D eigenvalue weighted by Gasteiger charge is -2.00. The molecule has 0 bridgehead atoms. The van der Waals surface area contributed by atoms with Crippen LogP contribution in [0.4, 0.5) is 0 Å². The third-order valence-electron chi connectivity index (χ3n) is 1.35. The van der Waals surface area contributed by atoms with Gasteiger partial charge in [-0.2, -0.15) is 0 Å². The molecule has 1 unspecified atom stereocenters. The predicted molar refractivity (Wildman–Crippen MR) is 41.9 cm³/mol. The van der Waals surface area contributed by atoms with Crippen LogP contribution in [-0.4, -0.2) is 11.7 Å². The highest BCUT2D eigenvalue weighted by Crippen LogP contribution is 2.20. The first kappa shape index (κ1) is 7.82. The molecule has 56 valence electrons. The second kappa shape index (κ2) is 3.21. The first-order valence-corrected chi connectivity index (χ1v) is 3.89. The summed E-state index contributed by atoms with van der Waals surface area (Å²) in [6.07, 6.45) is 0. The van der Waals surface area contributed by atoms with Gasteiger partial charge in [0.15, 0.2) is 4.67 Å². The van der Waals surface area contributed by atoms with Crippen LogP contribution in [0.3, 0.4) is 0 Å². The van der Waals surface area contributed by atoms with E-state index < -0.39 is 0 Å². The van der Waals surface area contributed by atoms with Crippen LogP contribution in [0.2, 0.25) is 0 Å². The van der Waals surface area contributed by atoms with Gasteiger partial charge < -0.3 is 9.52 Å². The van der Waals surface area contributed by atoms with Gasteiger partial charge >= 0.3 is 0 Å². The van der Waals surface area contributed by atoms with Crippen molar-refractivity contribution in [2.24, 2.45) is 0 Å². The maximum atomic E-state index is 8.72. The van der Waals surface area contributed by atoms with Crippen molar-refractivity contribution in [1.82, 2.24) is 0 Å². The zero-order valence-electron chi connectivity index (χ0n) is 5.67. The van der Waals surface area contributed by atoms with Gasteiger partial charge in [-0.3, -0.25) is 0 Å². The van der Waals surface area contributed by atoms with Crippen molar-refractivity contribution in [2.45, 2.75) is 12.8 Å². The molecule has 1 aromatic rings. The summed E-state index contributed by atoms with van der Waals surface area (Å²) in [5.74, 6) is 0.903. The molecule has 0 aliphatic heterocycles. The van der Waals surface area contributed by atoms with E-state index in [1.165, 1.54) is 0 Å². The normalized spacial score (nSPS) is 13.5. The highest BCUT2D eigenvalue weighted by Gasteiger charge is 2.07. The van der Waals surface area contributed by atoms with Crippen LogP contribution in [0.5, 0.6) is 0 Å². The van der Waals surface area contributed by atoms with E-state index in [0.29, 0.717) is 4.67 Å². The molecule has 0 aliphatic rings. The van der Waals surface area contributed by atoms with Crippen LogP contribution >= 0.6 is 15.9 Å². The Morgan fingerprint density at radius 2 is 2.40 bits per heavy atom. The molecular weight excluding hydrogens is 196 g/mol. The van der Waals surface area contributed by atoms with Gasteiger partial charge in [0.25, 0.3) is 0 Å². The van der Waals surface area contributed by atoms with Crippen LogP contribution in [0.1, 0.15) is 18.6 Å². The quantitative estimate of drug-likeness (QED) is 0.802. The Morgan fingerprint density at radius 1 is 1.70 bits per heavy atom. The fraction of sp³-hybridized carbons (Fsp3) is 0.429. The number of halogens is 1. The first-order valence-electron chi connectivity index (χ1n) is 3.10. The summed E-state index contributed by atoms with van der Waals surface area (Å²) in [7, 11) is 0. The smallest absolute Gasteiger partial charge is 0.169 e. The van der Waals surface area contributed by atoms with Crippen molar-refractivity contribution in [1.29, 1.82) is 0 Å². The Kier molecular flexibility index (Phi) is 2.51. The number of aliphatic hydroxyl groups is 1. The van der Waals surface area contributed by atoms with Crippen molar-refractivity contribution in [3.05, 3.63) is 22.6 Å². The average Bonchev–Trinajstić information content (AvgIpc) is 2.34. The van der Waals surface area contributed by atoms with Crippen molar-refractivity contribution in [2.75, 3.05) is 6.61 Å². The Balaban J connectivity index is 2.74. The van der Waals surface area contributed by atoms with E-state index in [0.717, 1.165) is 5.76 Å². The van der Waals surface area contributed by atoms with Gasteiger partial charge in [0, 0.05) is 5.92 Å². The zero-order valence-corrected chi connectivity index (χ0v) is 7.26. The summed E-state index contributed by atoms with van der Waals surface area (Å²) >= 11 is 3.18. The Bertz CT molecular complexity index is 207. The third-order valence-corrected chi connectivity index (χ3v) is 1.78. The molecule has 0 radical (unpaired) electrons. The summed E-state index contributed by atoms with van der Waals surface area (Å²) < 4.78 is 5.90. The van der Waals surface area contributed by atoms with Crippen LogP contribution in [0, 0.1) is 0 Å². The first-order chi connectivity index (χ1) is 4.74. The number of aliphatic hydroxyl groups excluding tert-OH is 1. The average molecular weight is 205 g/mol. The minimum atomic E-state index is 0.0892. The molecule has 1 heterocycles. The minimum Gasteiger partial charge on any atom is -0.454 e. The van der Waals surface area contributed by atoms with E-state index in [1.807, 2.05) is 19.1 Å². The van der Waals surface area contributed by atoms with E-state index in [-0.39, 0.29) is 12.5 Å².